The van der Waals surface area contributed by atoms with Gasteiger partial charge in [-0.15, -0.1) is 22.7 Å². The Morgan fingerprint density at radius 1 is 1.25 bits per heavy atom. The SMILES string of the molecule is O=C(CCCc1nc2ccccc2s1)N1CCC[C@@H]1c1cccs1. The molecule has 5 heteroatoms. The van der Waals surface area contributed by atoms with E-state index in [2.05, 4.69) is 39.5 Å². The number of nitrogens with zero attached hydrogens (tertiary/aromatic N) is 2. The fourth-order valence-corrected chi connectivity index (χ4v) is 5.29. The van der Waals surface area contributed by atoms with Gasteiger partial charge in [-0.25, -0.2) is 4.98 Å². The van der Waals surface area contributed by atoms with Gasteiger partial charge in [-0.1, -0.05) is 18.2 Å². The highest BCUT2D eigenvalue weighted by Gasteiger charge is 2.29. The van der Waals surface area contributed by atoms with Crippen molar-refractivity contribution >= 4 is 38.8 Å². The number of carbonyl (C=O) groups is 1. The van der Waals surface area contributed by atoms with E-state index in [1.165, 1.54) is 9.58 Å². The lowest BCUT2D eigenvalue weighted by molar-refractivity contribution is -0.132. The summed E-state index contributed by atoms with van der Waals surface area (Å²) in [6, 6.07) is 12.8. The van der Waals surface area contributed by atoms with Crippen LogP contribution in [0.2, 0.25) is 0 Å². The second-order valence-electron chi connectivity index (χ2n) is 6.19. The first kappa shape index (κ1) is 15.8. The second-order valence-corrected chi connectivity index (χ2v) is 8.28. The third-order valence-electron chi connectivity index (χ3n) is 4.56. The maximum atomic E-state index is 12.6. The van der Waals surface area contributed by atoms with Crippen LogP contribution in [0.5, 0.6) is 0 Å². The Bertz CT molecular complexity index is 792. The molecule has 1 saturated heterocycles. The quantitative estimate of drug-likeness (QED) is 0.641. The number of hydrogen-bond acceptors (Lipinski definition) is 4. The Morgan fingerprint density at radius 2 is 2.17 bits per heavy atom. The number of hydrogen-bond donors (Lipinski definition) is 0. The van der Waals surface area contributed by atoms with E-state index in [1.54, 1.807) is 22.7 Å². The smallest absolute Gasteiger partial charge is 0.223 e. The standard InChI is InChI=1S/C19H20N2OS2/c22-19(21-12-4-7-15(21)17-9-5-13-23-17)11-3-10-18-20-14-6-1-2-8-16(14)24-18/h1-2,5-6,8-9,13,15H,3-4,7,10-12H2/t15-/m1/s1. The molecule has 0 saturated carbocycles. The highest BCUT2D eigenvalue weighted by atomic mass is 32.1. The van der Waals surface area contributed by atoms with Crippen molar-refractivity contribution in [3.8, 4) is 0 Å². The van der Waals surface area contributed by atoms with E-state index in [4.69, 9.17) is 0 Å². The predicted octanol–water partition coefficient (Wildman–Crippen LogP) is 5.04. The molecule has 24 heavy (non-hydrogen) atoms. The van der Waals surface area contributed by atoms with Crippen LogP contribution in [-0.2, 0) is 11.2 Å². The molecule has 0 radical (unpaired) electrons. The van der Waals surface area contributed by atoms with Crippen LogP contribution in [0.4, 0.5) is 0 Å². The van der Waals surface area contributed by atoms with Crippen LogP contribution in [0, 0.1) is 0 Å². The fourth-order valence-electron chi connectivity index (χ4n) is 3.40. The summed E-state index contributed by atoms with van der Waals surface area (Å²) in [5, 5.41) is 3.24. The van der Waals surface area contributed by atoms with Gasteiger partial charge in [0.25, 0.3) is 0 Å². The molecule has 0 aliphatic carbocycles. The zero-order valence-corrected chi connectivity index (χ0v) is 15.1. The van der Waals surface area contributed by atoms with Crippen molar-refractivity contribution in [3.05, 3.63) is 51.7 Å². The van der Waals surface area contributed by atoms with Crippen molar-refractivity contribution in [1.82, 2.24) is 9.88 Å². The van der Waals surface area contributed by atoms with E-state index < -0.39 is 0 Å². The minimum atomic E-state index is 0.298. The Morgan fingerprint density at radius 3 is 3.00 bits per heavy atom. The van der Waals surface area contributed by atoms with Crippen LogP contribution in [-0.4, -0.2) is 22.3 Å². The van der Waals surface area contributed by atoms with Crippen LogP contribution in [0.15, 0.2) is 41.8 Å². The number of carbonyl (C=O) groups excluding carboxylic acids is 1. The normalized spacial score (nSPS) is 17.7. The number of thiophene rings is 1. The molecule has 3 nitrogen and oxygen atoms in total. The number of aryl methyl sites for hydroxylation is 1. The van der Waals surface area contributed by atoms with E-state index >= 15 is 0 Å². The molecule has 2 aromatic heterocycles. The fraction of sp³-hybridized carbons (Fsp3) is 0.368. The van der Waals surface area contributed by atoms with Gasteiger partial charge >= 0.3 is 0 Å². The summed E-state index contributed by atoms with van der Waals surface area (Å²) in [5.41, 5.74) is 1.07. The summed E-state index contributed by atoms with van der Waals surface area (Å²) in [6.07, 6.45) is 4.61. The van der Waals surface area contributed by atoms with Gasteiger partial charge in [0.1, 0.15) is 0 Å². The molecule has 124 valence electrons. The van der Waals surface area contributed by atoms with E-state index in [9.17, 15) is 4.79 Å². The maximum absolute atomic E-state index is 12.6. The van der Waals surface area contributed by atoms with Crippen LogP contribution in [0.25, 0.3) is 10.2 Å². The summed E-state index contributed by atoms with van der Waals surface area (Å²) in [5.74, 6) is 0.298. The third-order valence-corrected chi connectivity index (χ3v) is 6.63. The molecule has 1 aliphatic heterocycles. The van der Waals surface area contributed by atoms with Crippen LogP contribution in [0.3, 0.4) is 0 Å². The Kier molecular flexibility index (Phi) is 4.63. The summed E-state index contributed by atoms with van der Waals surface area (Å²) in [6.45, 7) is 0.905. The lowest BCUT2D eigenvalue weighted by Gasteiger charge is -2.23. The summed E-state index contributed by atoms with van der Waals surface area (Å²) in [7, 11) is 0. The molecule has 0 N–H and O–H groups in total. The monoisotopic (exact) mass is 356 g/mol. The van der Waals surface area contributed by atoms with Gasteiger partial charge in [-0.2, -0.15) is 0 Å². The number of amides is 1. The largest absolute Gasteiger partial charge is 0.335 e. The minimum absolute atomic E-state index is 0.298. The summed E-state index contributed by atoms with van der Waals surface area (Å²) in [4.78, 5) is 20.7. The number of para-hydroxylation sites is 1. The summed E-state index contributed by atoms with van der Waals surface area (Å²) >= 11 is 3.51. The maximum Gasteiger partial charge on any atom is 0.223 e. The molecule has 3 aromatic rings. The third kappa shape index (κ3) is 3.23. The molecule has 1 aromatic carbocycles. The van der Waals surface area contributed by atoms with E-state index in [0.29, 0.717) is 18.4 Å². The van der Waals surface area contributed by atoms with Crippen LogP contribution >= 0.6 is 22.7 Å². The van der Waals surface area contributed by atoms with Gasteiger partial charge in [-0.3, -0.25) is 4.79 Å². The lowest BCUT2D eigenvalue weighted by atomic mass is 10.1. The van der Waals surface area contributed by atoms with Crippen molar-refractivity contribution in [2.75, 3.05) is 6.54 Å². The van der Waals surface area contributed by atoms with Crippen molar-refractivity contribution < 1.29 is 4.79 Å². The minimum Gasteiger partial charge on any atom is -0.335 e. The topological polar surface area (TPSA) is 33.2 Å². The Balaban J connectivity index is 1.34. The van der Waals surface area contributed by atoms with Gasteiger partial charge in [0.05, 0.1) is 21.3 Å². The van der Waals surface area contributed by atoms with Crippen molar-refractivity contribution in [1.29, 1.82) is 0 Å². The average Bonchev–Trinajstić information content (AvgIpc) is 3.33. The van der Waals surface area contributed by atoms with E-state index in [-0.39, 0.29) is 0 Å². The van der Waals surface area contributed by atoms with Gasteiger partial charge < -0.3 is 4.90 Å². The predicted molar refractivity (Wildman–Crippen MR) is 101 cm³/mol. The molecule has 1 fully saturated rings. The molecular weight excluding hydrogens is 336 g/mol. The Hall–Kier alpha value is -1.72. The van der Waals surface area contributed by atoms with Crippen LogP contribution < -0.4 is 0 Å². The molecule has 1 aliphatic rings. The van der Waals surface area contributed by atoms with Crippen LogP contribution in [0.1, 0.15) is 41.6 Å². The molecular formula is C19H20N2OS2. The van der Waals surface area contributed by atoms with E-state index in [0.717, 1.165) is 42.8 Å². The van der Waals surface area contributed by atoms with Crippen molar-refractivity contribution in [2.45, 2.75) is 38.1 Å². The second kappa shape index (κ2) is 7.03. The highest BCUT2D eigenvalue weighted by molar-refractivity contribution is 7.18. The first-order chi connectivity index (χ1) is 11.8. The van der Waals surface area contributed by atoms with E-state index in [1.807, 2.05) is 12.1 Å². The zero-order chi connectivity index (χ0) is 16.4. The van der Waals surface area contributed by atoms with Gasteiger partial charge in [0, 0.05) is 17.8 Å². The first-order valence-electron chi connectivity index (χ1n) is 8.48. The molecule has 0 unspecified atom stereocenters. The molecule has 0 spiro atoms. The molecule has 3 heterocycles. The van der Waals surface area contributed by atoms with Gasteiger partial charge in [0.2, 0.25) is 5.91 Å². The number of thiazole rings is 1. The molecule has 4 rings (SSSR count). The number of likely N-dealkylation sites (tertiary alicyclic amines) is 1. The first-order valence-corrected chi connectivity index (χ1v) is 10.2. The number of benzene rings is 1. The summed E-state index contributed by atoms with van der Waals surface area (Å²) < 4.78 is 1.23. The van der Waals surface area contributed by atoms with Crippen molar-refractivity contribution in [3.63, 3.8) is 0 Å². The lowest BCUT2D eigenvalue weighted by Crippen LogP contribution is -2.30. The van der Waals surface area contributed by atoms with Gasteiger partial charge in [0.15, 0.2) is 0 Å². The molecule has 0 bridgehead atoms. The number of rotatable bonds is 5. The molecule has 1 atom stereocenters. The highest BCUT2D eigenvalue weighted by Crippen LogP contribution is 2.35. The molecule has 1 amide bonds. The Labute approximate surface area is 150 Å². The zero-order valence-electron chi connectivity index (χ0n) is 13.5. The van der Waals surface area contributed by atoms with Crippen molar-refractivity contribution in [2.24, 2.45) is 0 Å². The average molecular weight is 357 g/mol. The van der Waals surface area contributed by atoms with Gasteiger partial charge in [-0.05, 0) is 49.3 Å². The number of fused-ring (bicyclic) bond motifs is 1. The number of aromatic nitrogens is 1.